The number of hydrogen-bond acceptors (Lipinski definition) is 5. The summed E-state index contributed by atoms with van der Waals surface area (Å²) in [5.41, 5.74) is 0.184. The zero-order chi connectivity index (χ0) is 18.8. The van der Waals surface area contributed by atoms with Crippen molar-refractivity contribution in [3.8, 4) is 0 Å². The zero-order valence-electron chi connectivity index (χ0n) is 15.0. The molecule has 27 heavy (non-hydrogen) atoms. The molecule has 142 valence electrons. The van der Waals surface area contributed by atoms with Gasteiger partial charge < -0.3 is 14.5 Å². The van der Waals surface area contributed by atoms with E-state index in [4.69, 9.17) is 9.15 Å². The number of carbonyl (C=O) groups excluding carboxylic acids is 1. The van der Waals surface area contributed by atoms with Crippen molar-refractivity contribution < 1.29 is 18.3 Å². The van der Waals surface area contributed by atoms with Gasteiger partial charge in [-0.05, 0) is 31.2 Å². The predicted octanol–water partition coefficient (Wildman–Crippen LogP) is 2.18. The topological polar surface area (TPSA) is 72.0 Å². The lowest BCUT2D eigenvalue weighted by atomic mass is 10.1. The monoisotopic (exact) mass is 372 g/mol. The van der Waals surface area contributed by atoms with E-state index in [0.29, 0.717) is 25.4 Å². The fourth-order valence-corrected chi connectivity index (χ4v) is 3.31. The summed E-state index contributed by atoms with van der Waals surface area (Å²) in [6, 6.07) is 8.75. The number of imidazole rings is 1. The van der Waals surface area contributed by atoms with Crippen LogP contribution >= 0.6 is 0 Å². The van der Waals surface area contributed by atoms with Crippen LogP contribution in [0.4, 0.5) is 4.39 Å². The van der Waals surface area contributed by atoms with E-state index in [1.165, 1.54) is 10.6 Å². The van der Waals surface area contributed by atoms with Crippen LogP contribution in [-0.2, 0) is 4.74 Å². The number of fused-ring (bicyclic) bond motifs is 1. The van der Waals surface area contributed by atoms with Gasteiger partial charge in [0.2, 0.25) is 5.95 Å². The third-order valence-electron chi connectivity index (χ3n) is 4.72. The molecular weight excluding hydrogens is 351 g/mol. The molecule has 1 amide bonds. The van der Waals surface area contributed by atoms with Gasteiger partial charge in [-0.25, -0.2) is 4.98 Å². The standard InChI is InChI=1S/C19H21FN4O3/c1-13-5-6-15(27-13)14(23-8-10-26-11-9-23)12-21-19(25)17-18(20)24-7-3-2-4-16(24)22-17/h2-7,14H,8-12H2,1H3,(H,21,25)/t14-/m0/s1. The minimum Gasteiger partial charge on any atom is -0.465 e. The number of morpholine rings is 1. The van der Waals surface area contributed by atoms with Gasteiger partial charge in [0.1, 0.15) is 17.2 Å². The van der Waals surface area contributed by atoms with Crippen LogP contribution in [0, 0.1) is 12.9 Å². The molecule has 4 heterocycles. The highest BCUT2D eigenvalue weighted by molar-refractivity contribution is 5.93. The Morgan fingerprint density at radius 2 is 2.11 bits per heavy atom. The smallest absolute Gasteiger partial charge is 0.274 e. The van der Waals surface area contributed by atoms with Gasteiger partial charge in [0.25, 0.3) is 5.91 Å². The van der Waals surface area contributed by atoms with Crippen LogP contribution in [0.3, 0.4) is 0 Å². The molecule has 0 spiro atoms. The van der Waals surface area contributed by atoms with Crippen molar-refractivity contribution in [3.05, 3.63) is 59.7 Å². The van der Waals surface area contributed by atoms with E-state index in [1.807, 2.05) is 19.1 Å². The summed E-state index contributed by atoms with van der Waals surface area (Å²) in [5.74, 6) is 0.365. The second-order valence-electron chi connectivity index (χ2n) is 6.50. The third-order valence-corrected chi connectivity index (χ3v) is 4.72. The maximum absolute atomic E-state index is 14.5. The fraction of sp³-hybridized carbons (Fsp3) is 0.368. The molecule has 0 aliphatic carbocycles. The molecule has 3 aromatic rings. The molecule has 7 nitrogen and oxygen atoms in total. The Labute approximate surface area is 155 Å². The highest BCUT2D eigenvalue weighted by Gasteiger charge is 2.27. The summed E-state index contributed by atoms with van der Waals surface area (Å²) < 4.78 is 26.9. The maximum Gasteiger partial charge on any atom is 0.274 e. The van der Waals surface area contributed by atoms with E-state index in [1.54, 1.807) is 18.2 Å². The summed E-state index contributed by atoms with van der Waals surface area (Å²) in [5, 5.41) is 2.81. The first-order valence-corrected chi connectivity index (χ1v) is 8.92. The Bertz CT molecular complexity index is 945. The molecule has 1 fully saturated rings. The number of hydrogen-bond donors (Lipinski definition) is 1. The minimum atomic E-state index is -0.667. The molecule has 1 aliphatic heterocycles. The number of amides is 1. The summed E-state index contributed by atoms with van der Waals surface area (Å²) >= 11 is 0. The first-order valence-electron chi connectivity index (χ1n) is 8.92. The lowest BCUT2D eigenvalue weighted by Crippen LogP contribution is -2.43. The molecule has 4 rings (SSSR count). The molecule has 0 saturated carbocycles. The molecule has 0 aromatic carbocycles. The summed E-state index contributed by atoms with van der Waals surface area (Å²) in [6.07, 6.45) is 1.54. The molecule has 0 bridgehead atoms. The van der Waals surface area contributed by atoms with Gasteiger partial charge in [0.05, 0.1) is 19.3 Å². The first-order chi connectivity index (χ1) is 13.1. The van der Waals surface area contributed by atoms with Crippen molar-refractivity contribution in [2.45, 2.75) is 13.0 Å². The molecule has 0 radical (unpaired) electrons. The molecule has 0 unspecified atom stereocenters. The van der Waals surface area contributed by atoms with Gasteiger partial charge in [0.15, 0.2) is 5.69 Å². The van der Waals surface area contributed by atoms with Gasteiger partial charge in [0, 0.05) is 25.8 Å². The number of rotatable bonds is 5. The highest BCUT2D eigenvalue weighted by Crippen LogP contribution is 2.23. The van der Waals surface area contributed by atoms with E-state index in [2.05, 4.69) is 15.2 Å². The second kappa shape index (κ2) is 7.50. The lowest BCUT2D eigenvalue weighted by molar-refractivity contribution is 0.0116. The average Bonchev–Trinajstić information content (AvgIpc) is 3.27. The molecular formula is C19H21FN4O3. The van der Waals surface area contributed by atoms with Gasteiger partial charge >= 0.3 is 0 Å². The summed E-state index contributed by atoms with van der Waals surface area (Å²) in [6.45, 7) is 4.91. The van der Waals surface area contributed by atoms with E-state index < -0.39 is 11.9 Å². The van der Waals surface area contributed by atoms with E-state index in [9.17, 15) is 9.18 Å². The highest BCUT2D eigenvalue weighted by atomic mass is 19.1. The molecule has 1 N–H and O–H groups in total. The normalized spacial score (nSPS) is 16.5. The van der Waals surface area contributed by atoms with Crippen LogP contribution in [-0.4, -0.2) is 53.0 Å². The van der Waals surface area contributed by atoms with Crippen LogP contribution in [0.25, 0.3) is 5.65 Å². The average molecular weight is 372 g/mol. The second-order valence-corrected chi connectivity index (χ2v) is 6.50. The van der Waals surface area contributed by atoms with E-state index in [0.717, 1.165) is 24.6 Å². The van der Waals surface area contributed by atoms with E-state index in [-0.39, 0.29) is 11.7 Å². The number of halogens is 1. The molecule has 1 aliphatic rings. The minimum absolute atomic E-state index is 0.147. The Hall–Kier alpha value is -2.71. The molecule has 1 atom stereocenters. The SMILES string of the molecule is Cc1ccc([C@H](CNC(=O)c2nc3ccccn3c2F)N2CCOCC2)o1. The van der Waals surface area contributed by atoms with Gasteiger partial charge in [-0.1, -0.05) is 6.07 Å². The third kappa shape index (κ3) is 3.58. The Kier molecular flexibility index (Phi) is 4.91. The van der Waals surface area contributed by atoms with Crippen LogP contribution in [0.2, 0.25) is 0 Å². The number of nitrogens with zero attached hydrogens (tertiary/aromatic N) is 3. The fourth-order valence-electron chi connectivity index (χ4n) is 3.31. The summed E-state index contributed by atoms with van der Waals surface area (Å²) in [7, 11) is 0. The molecule has 8 heteroatoms. The number of nitrogens with one attached hydrogen (secondary N) is 1. The number of pyridine rings is 1. The maximum atomic E-state index is 14.5. The van der Waals surface area contributed by atoms with Crippen molar-refractivity contribution in [3.63, 3.8) is 0 Å². The largest absolute Gasteiger partial charge is 0.465 e. The van der Waals surface area contributed by atoms with E-state index >= 15 is 0 Å². The zero-order valence-corrected chi connectivity index (χ0v) is 15.0. The van der Waals surface area contributed by atoms with Gasteiger partial charge in [-0.15, -0.1) is 0 Å². The van der Waals surface area contributed by atoms with Crippen LogP contribution < -0.4 is 5.32 Å². The van der Waals surface area contributed by atoms with Crippen molar-refractivity contribution >= 4 is 11.6 Å². The van der Waals surface area contributed by atoms with Crippen LogP contribution in [0.5, 0.6) is 0 Å². The molecule has 3 aromatic heterocycles. The Balaban J connectivity index is 1.52. The van der Waals surface area contributed by atoms with Crippen LogP contribution in [0.1, 0.15) is 28.1 Å². The lowest BCUT2D eigenvalue weighted by Gasteiger charge is -2.33. The van der Waals surface area contributed by atoms with Crippen molar-refractivity contribution in [2.24, 2.45) is 0 Å². The number of carbonyl (C=O) groups is 1. The Morgan fingerprint density at radius 1 is 1.30 bits per heavy atom. The van der Waals surface area contributed by atoms with Crippen molar-refractivity contribution in [2.75, 3.05) is 32.8 Å². The molecule has 1 saturated heterocycles. The van der Waals surface area contributed by atoms with Crippen LogP contribution in [0.15, 0.2) is 40.9 Å². The van der Waals surface area contributed by atoms with Gasteiger partial charge in [-0.2, -0.15) is 4.39 Å². The Morgan fingerprint density at radius 3 is 2.81 bits per heavy atom. The van der Waals surface area contributed by atoms with Crippen molar-refractivity contribution in [1.82, 2.24) is 19.6 Å². The quantitative estimate of drug-likeness (QED) is 0.743. The summed E-state index contributed by atoms with van der Waals surface area (Å²) in [4.78, 5) is 18.9. The predicted molar refractivity (Wildman–Crippen MR) is 96.1 cm³/mol. The number of aryl methyl sites for hydroxylation is 1. The number of aromatic nitrogens is 2. The van der Waals surface area contributed by atoms with Gasteiger partial charge in [-0.3, -0.25) is 14.1 Å². The first kappa shape index (κ1) is 17.7. The van der Waals surface area contributed by atoms with Crippen molar-refractivity contribution in [1.29, 1.82) is 0 Å². The number of furan rings is 1. The number of ether oxygens (including phenoxy) is 1.